The quantitative estimate of drug-likeness (QED) is 0.369. The maximum absolute atomic E-state index is 13.1. The Labute approximate surface area is 171 Å². The number of aromatic nitrogens is 1. The van der Waals surface area contributed by atoms with Gasteiger partial charge < -0.3 is 4.74 Å². The fraction of sp³-hybridized carbons (Fsp3) is 0.0476. The van der Waals surface area contributed by atoms with Crippen molar-refractivity contribution in [1.82, 2.24) is 3.97 Å². The first kappa shape index (κ1) is 18.1. The van der Waals surface area contributed by atoms with E-state index in [-0.39, 0.29) is 4.90 Å². The molecule has 0 bridgehead atoms. The molecule has 6 heteroatoms. The molecule has 0 saturated carbocycles. The topological polar surface area (TPSA) is 48.3 Å². The molecule has 0 N–H and O–H groups in total. The molecule has 0 aliphatic carbocycles. The van der Waals surface area contributed by atoms with Gasteiger partial charge in [-0.3, -0.25) is 0 Å². The smallest absolute Gasteiger partial charge is 0.268 e. The minimum Gasteiger partial charge on any atom is -0.488 e. The number of halogens is 1. The van der Waals surface area contributed by atoms with Crippen molar-refractivity contribution in [2.45, 2.75) is 11.5 Å². The number of fused-ring (bicyclic) bond motifs is 1. The first-order valence-corrected chi connectivity index (χ1v) is 10.9. The van der Waals surface area contributed by atoms with E-state index in [2.05, 4.69) is 22.6 Å². The van der Waals surface area contributed by atoms with E-state index in [4.69, 9.17) is 4.74 Å². The summed E-state index contributed by atoms with van der Waals surface area (Å²) in [5, 5.41) is 0.800. The Morgan fingerprint density at radius 2 is 1.52 bits per heavy atom. The molecule has 0 radical (unpaired) electrons. The van der Waals surface area contributed by atoms with Crippen LogP contribution in [0.15, 0.2) is 90.0 Å². The molecule has 0 aliphatic heterocycles. The van der Waals surface area contributed by atoms with Gasteiger partial charge >= 0.3 is 0 Å². The van der Waals surface area contributed by atoms with E-state index in [0.29, 0.717) is 17.9 Å². The SMILES string of the molecule is O=S(=O)(c1ccccc1)n1cc(I)c2c(OCc3ccccc3)cccc21. The molecule has 136 valence electrons. The van der Waals surface area contributed by atoms with Crippen LogP contribution in [-0.2, 0) is 16.6 Å². The minimum absolute atomic E-state index is 0.258. The lowest BCUT2D eigenvalue weighted by molar-refractivity contribution is 0.310. The summed E-state index contributed by atoms with van der Waals surface area (Å²) in [7, 11) is -3.67. The highest BCUT2D eigenvalue weighted by molar-refractivity contribution is 14.1. The van der Waals surface area contributed by atoms with Crippen molar-refractivity contribution in [3.63, 3.8) is 0 Å². The Morgan fingerprint density at radius 1 is 0.852 bits per heavy atom. The molecule has 3 aromatic carbocycles. The van der Waals surface area contributed by atoms with Crippen LogP contribution in [-0.4, -0.2) is 12.4 Å². The second kappa shape index (κ2) is 7.36. The number of ether oxygens (including phenoxy) is 1. The molecule has 27 heavy (non-hydrogen) atoms. The van der Waals surface area contributed by atoms with E-state index in [1.165, 1.54) is 3.97 Å². The molecule has 0 fully saturated rings. The number of rotatable bonds is 5. The Balaban J connectivity index is 1.77. The van der Waals surface area contributed by atoms with Gasteiger partial charge in [-0.15, -0.1) is 0 Å². The Hall–Kier alpha value is -2.32. The normalized spacial score (nSPS) is 11.6. The van der Waals surface area contributed by atoms with Gasteiger partial charge in [0, 0.05) is 9.77 Å². The lowest BCUT2D eigenvalue weighted by atomic mass is 10.2. The van der Waals surface area contributed by atoms with Crippen LogP contribution in [0.1, 0.15) is 5.56 Å². The number of hydrogen-bond donors (Lipinski definition) is 0. The highest BCUT2D eigenvalue weighted by Gasteiger charge is 2.22. The predicted molar refractivity (Wildman–Crippen MR) is 114 cm³/mol. The lowest BCUT2D eigenvalue weighted by Crippen LogP contribution is -2.11. The van der Waals surface area contributed by atoms with Crippen molar-refractivity contribution in [3.05, 3.63) is 94.2 Å². The predicted octanol–water partition coefficient (Wildman–Crippen LogP) is 5.06. The van der Waals surface area contributed by atoms with E-state index >= 15 is 0 Å². The average molecular weight is 489 g/mol. The largest absolute Gasteiger partial charge is 0.488 e. The summed E-state index contributed by atoms with van der Waals surface area (Å²) in [6, 6.07) is 23.8. The molecule has 0 atom stereocenters. The van der Waals surface area contributed by atoms with Crippen molar-refractivity contribution in [3.8, 4) is 5.75 Å². The van der Waals surface area contributed by atoms with Crippen LogP contribution in [0.5, 0.6) is 5.75 Å². The number of hydrogen-bond acceptors (Lipinski definition) is 3. The second-order valence-electron chi connectivity index (χ2n) is 6.02. The molecular weight excluding hydrogens is 473 g/mol. The maximum atomic E-state index is 13.1. The van der Waals surface area contributed by atoms with Crippen molar-refractivity contribution >= 4 is 43.5 Å². The molecule has 1 aromatic heterocycles. The zero-order valence-electron chi connectivity index (χ0n) is 14.2. The van der Waals surface area contributed by atoms with Gasteiger partial charge in [-0.2, -0.15) is 0 Å². The van der Waals surface area contributed by atoms with Gasteiger partial charge in [0.1, 0.15) is 12.4 Å². The zero-order chi connectivity index (χ0) is 18.9. The third kappa shape index (κ3) is 3.46. The standard InChI is InChI=1S/C21H16INO3S/c22-18-14-23(27(24,25)17-10-5-2-6-11-17)19-12-7-13-20(21(18)19)26-15-16-8-3-1-4-9-16/h1-14H,15H2. The van der Waals surface area contributed by atoms with E-state index in [9.17, 15) is 8.42 Å². The van der Waals surface area contributed by atoms with Crippen molar-refractivity contribution in [2.75, 3.05) is 0 Å². The van der Waals surface area contributed by atoms with Crippen LogP contribution < -0.4 is 4.74 Å². The van der Waals surface area contributed by atoms with Gasteiger partial charge in [0.25, 0.3) is 10.0 Å². The van der Waals surface area contributed by atoms with E-state index < -0.39 is 10.0 Å². The third-order valence-corrected chi connectivity index (χ3v) is 6.75. The molecule has 4 aromatic rings. The summed E-state index contributed by atoms with van der Waals surface area (Å²) in [4.78, 5) is 0.258. The van der Waals surface area contributed by atoms with Crippen LogP contribution in [0.25, 0.3) is 10.9 Å². The van der Waals surface area contributed by atoms with Crippen molar-refractivity contribution in [1.29, 1.82) is 0 Å². The summed E-state index contributed by atoms with van der Waals surface area (Å²) >= 11 is 2.15. The summed E-state index contributed by atoms with van der Waals surface area (Å²) in [6.07, 6.45) is 1.64. The van der Waals surface area contributed by atoms with Gasteiger partial charge in [-0.25, -0.2) is 12.4 Å². The molecule has 4 rings (SSSR count). The molecule has 0 saturated heterocycles. The molecule has 0 spiro atoms. The Kier molecular flexibility index (Phi) is 4.92. The summed E-state index contributed by atoms with van der Waals surface area (Å²) in [5.41, 5.74) is 1.66. The molecule has 4 nitrogen and oxygen atoms in total. The lowest BCUT2D eigenvalue weighted by Gasteiger charge is -2.10. The highest BCUT2D eigenvalue weighted by Crippen LogP contribution is 2.34. The number of nitrogens with zero attached hydrogens (tertiary/aromatic N) is 1. The van der Waals surface area contributed by atoms with Gasteiger partial charge in [-0.1, -0.05) is 54.6 Å². The molecule has 1 heterocycles. The summed E-state index contributed by atoms with van der Waals surface area (Å²) in [5.74, 6) is 0.669. The third-order valence-electron chi connectivity index (χ3n) is 4.25. The first-order chi connectivity index (χ1) is 13.1. The van der Waals surface area contributed by atoms with Crippen molar-refractivity contribution < 1.29 is 13.2 Å². The fourth-order valence-corrected chi connectivity index (χ4v) is 5.33. The van der Waals surface area contributed by atoms with Gasteiger partial charge in [0.15, 0.2) is 0 Å². The van der Waals surface area contributed by atoms with Crippen LogP contribution in [0.4, 0.5) is 0 Å². The first-order valence-electron chi connectivity index (χ1n) is 8.34. The Bertz CT molecular complexity index is 1190. The number of benzene rings is 3. The minimum atomic E-state index is -3.67. The van der Waals surface area contributed by atoms with Crippen LogP contribution in [0.2, 0.25) is 0 Å². The molecular formula is C21H16INO3S. The zero-order valence-corrected chi connectivity index (χ0v) is 17.2. The molecule has 0 amide bonds. The van der Waals surface area contributed by atoms with Gasteiger partial charge in [-0.05, 0) is 52.4 Å². The van der Waals surface area contributed by atoms with Gasteiger partial charge in [0.05, 0.1) is 15.8 Å². The molecule has 0 aliphatic rings. The van der Waals surface area contributed by atoms with E-state index in [1.54, 1.807) is 42.6 Å². The average Bonchev–Trinajstić information content (AvgIpc) is 3.06. The monoisotopic (exact) mass is 489 g/mol. The van der Waals surface area contributed by atoms with Crippen molar-refractivity contribution in [2.24, 2.45) is 0 Å². The highest BCUT2D eigenvalue weighted by atomic mass is 127. The summed E-state index contributed by atoms with van der Waals surface area (Å²) in [6.45, 7) is 0.423. The van der Waals surface area contributed by atoms with Crippen LogP contribution >= 0.6 is 22.6 Å². The maximum Gasteiger partial charge on any atom is 0.268 e. The van der Waals surface area contributed by atoms with Crippen LogP contribution in [0.3, 0.4) is 0 Å². The van der Waals surface area contributed by atoms with Crippen LogP contribution in [0, 0.1) is 3.57 Å². The van der Waals surface area contributed by atoms with E-state index in [1.807, 2.05) is 42.5 Å². The Morgan fingerprint density at radius 3 is 2.22 bits per heavy atom. The molecule has 0 unspecified atom stereocenters. The fourth-order valence-electron chi connectivity index (χ4n) is 2.94. The summed E-state index contributed by atoms with van der Waals surface area (Å²) < 4.78 is 34.3. The van der Waals surface area contributed by atoms with Gasteiger partial charge in [0.2, 0.25) is 0 Å². The second-order valence-corrected chi connectivity index (χ2v) is 8.99. The van der Waals surface area contributed by atoms with E-state index in [0.717, 1.165) is 14.5 Å².